The molecule has 0 rings (SSSR count). The van der Waals surface area contributed by atoms with Crippen LogP contribution in [0.4, 0.5) is 0 Å². The summed E-state index contributed by atoms with van der Waals surface area (Å²) in [5, 5.41) is 0. The average molecular weight is 293 g/mol. The SMILES string of the molecule is CO[SiH2]C([Si](C)(C)C)([Si](C)(C)C)[Si](C)(C)C. The summed E-state index contributed by atoms with van der Waals surface area (Å²) in [6, 6.07) is 0. The summed E-state index contributed by atoms with van der Waals surface area (Å²) in [4.78, 5) is 0. The van der Waals surface area contributed by atoms with E-state index in [1.807, 2.05) is 7.11 Å². The summed E-state index contributed by atoms with van der Waals surface area (Å²) in [6.45, 7) is 23.2. The highest BCUT2D eigenvalue weighted by Gasteiger charge is 2.59. The maximum atomic E-state index is 5.83. The van der Waals surface area contributed by atoms with Crippen LogP contribution in [0.2, 0.25) is 62.8 Å². The summed E-state index contributed by atoms with van der Waals surface area (Å²) in [5.41, 5.74) is 0. The Kier molecular flexibility index (Phi) is 5.08. The van der Waals surface area contributed by atoms with E-state index < -0.39 is 34.0 Å². The zero-order valence-corrected chi connectivity index (χ0v) is 17.5. The first-order chi connectivity index (χ1) is 6.81. The van der Waals surface area contributed by atoms with Crippen molar-refractivity contribution in [1.82, 2.24) is 0 Å². The Bertz CT molecular complexity index is 196. The van der Waals surface area contributed by atoms with Gasteiger partial charge in [0.25, 0.3) is 0 Å². The highest BCUT2D eigenvalue weighted by molar-refractivity contribution is 7.22. The van der Waals surface area contributed by atoms with Gasteiger partial charge in [0, 0.05) is 31.3 Å². The third-order valence-corrected chi connectivity index (χ3v) is 37.0. The predicted molar refractivity (Wildman–Crippen MR) is 88.3 cm³/mol. The molecular formula is C11H32OSi4. The molecule has 5 heteroatoms. The zero-order chi connectivity index (χ0) is 13.4. The van der Waals surface area contributed by atoms with Gasteiger partial charge >= 0.3 is 0 Å². The van der Waals surface area contributed by atoms with Crippen molar-refractivity contribution >= 4 is 34.0 Å². The van der Waals surface area contributed by atoms with Gasteiger partial charge in [0.15, 0.2) is 9.76 Å². The van der Waals surface area contributed by atoms with Gasteiger partial charge < -0.3 is 4.43 Å². The maximum Gasteiger partial charge on any atom is 0.159 e. The second kappa shape index (κ2) is 4.83. The molecule has 16 heavy (non-hydrogen) atoms. The van der Waals surface area contributed by atoms with Gasteiger partial charge in [0.05, 0.1) is 0 Å². The van der Waals surface area contributed by atoms with E-state index in [4.69, 9.17) is 4.43 Å². The lowest BCUT2D eigenvalue weighted by atomic mass is 11.6. The fourth-order valence-electron chi connectivity index (χ4n) is 4.24. The smallest absolute Gasteiger partial charge is 0.159 e. The average Bonchev–Trinajstić information content (AvgIpc) is 1.91. The normalized spacial score (nSPS) is 16.1. The van der Waals surface area contributed by atoms with Crippen molar-refractivity contribution in [2.75, 3.05) is 7.11 Å². The third-order valence-electron chi connectivity index (χ3n) is 4.20. The summed E-state index contributed by atoms with van der Waals surface area (Å²) >= 11 is 0. The molecular weight excluding hydrogens is 260 g/mol. The molecule has 0 aromatic heterocycles. The standard InChI is InChI=1S/C11H32OSi4/c1-12-13-11(14(2,3)4,15(5,6)7)16(8,9)10/h13H2,1-10H3. The van der Waals surface area contributed by atoms with Gasteiger partial charge in [-0.15, -0.1) is 0 Å². The monoisotopic (exact) mass is 292 g/mol. The second-order valence-electron chi connectivity index (χ2n) is 8.09. The Labute approximate surface area is 108 Å². The molecule has 0 atom stereocenters. The van der Waals surface area contributed by atoms with Gasteiger partial charge in [0.1, 0.15) is 0 Å². The summed E-state index contributed by atoms with van der Waals surface area (Å²) in [6.07, 6.45) is 0. The molecule has 98 valence electrons. The highest BCUT2D eigenvalue weighted by atomic mass is 28.5. The molecule has 0 unspecified atom stereocenters. The molecule has 0 radical (unpaired) electrons. The molecule has 0 aliphatic heterocycles. The van der Waals surface area contributed by atoms with Crippen molar-refractivity contribution in [1.29, 1.82) is 0 Å². The summed E-state index contributed by atoms with van der Waals surface area (Å²) in [7, 11) is -1.96. The van der Waals surface area contributed by atoms with E-state index in [-0.39, 0.29) is 0 Å². The third kappa shape index (κ3) is 2.80. The summed E-state index contributed by atoms with van der Waals surface area (Å²) < 4.78 is 6.53. The molecule has 0 saturated carbocycles. The molecule has 0 saturated heterocycles. The number of hydrogen-bond donors (Lipinski definition) is 0. The van der Waals surface area contributed by atoms with Crippen molar-refractivity contribution in [2.24, 2.45) is 0 Å². The highest BCUT2D eigenvalue weighted by Crippen LogP contribution is 2.52. The van der Waals surface area contributed by atoms with Crippen LogP contribution >= 0.6 is 0 Å². The van der Waals surface area contributed by atoms with Crippen molar-refractivity contribution < 1.29 is 4.43 Å². The zero-order valence-electron chi connectivity index (χ0n) is 13.1. The van der Waals surface area contributed by atoms with Gasteiger partial charge in [-0.2, -0.15) is 0 Å². The van der Waals surface area contributed by atoms with Crippen LogP contribution in [0.3, 0.4) is 0 Å². The Balaban J connectivity index is 5.82. The second-order valence-corrected chi connectivity index (χ2v) is 29.7. The van der Waals surface area contributed by atoms with Crippen LogP contribution in [0.5, 0.6) is 0 Å². The Hall–Kier alpha value is 0.828. The molecule has 1 nitrogen and oxygen atoms in total. The molecule has 0 bridgehead atoms. The minimum Gasteiger partial charge on any atom is -0.427 e. The van der Waals surface area contributed by atoms with Crippen molar-refractivity contribution in [3.05, 3.63) is 0 Å². The first kappa shape index (κ1) is 16.8. The fraction of sp³-hybridized carbons (Fsp3) is 1.00. The van der Waals surface area contributed by atoms with E-state index in [0.29, 0.717) is 3.91 Å². The molecule has 0 aromatic carbocycles. The lowest BCUT2D eigenvalue weighted by Gasteiger charge is -2.58. The van der Waals surface area contributed by atoms with E-state index in [1.165, 1.54) is 0 Å². The van der Waals surface area contributed by atoms with Crippen LogP contribution in [0.15, 0.2) is 0 Å². The van der Waals surface area contributed by atoms with E-state index in [9.17, 15) is 0 Å². The molecule has 0 aliphatic carbocycles. The molecule has 0 amide bonds. The van der Waals surface area contributed by atoms with Crippen LogP contribution in [0.25, 0.3) is 0 Å². The molecule has 0 aromatic rings. The summed E-state index contributed by atoms with van der Waals surface area (Å²) in [5.74, 6) is 0. The first-order valence-electron chi connectivity index (χ1n) is 6.30. The first-order valence-corrected chi connectivity index (χ1v) is 18.1. The van der Waals surface area contributed by atoms with Crippen LogP contribution in [-0.2, 0) is 4.43 Å². The lowest BCUT2D eigenvalue weighted by Crippen LogP contribution is -2.68. The molecule has 0 spiro atoms. The van der Waals surface area contributed by atoms with Crippen LogP contribution < -0.4 is 0 Å². The van der Waals surface area contributed by atoms with Crippen LogP contribution in [-0.4, -0.2) is 41.1 Å². The lowest BCUT2D eigenvalue weighted by molar-refractivity contribution is 0.438. The van der Waals surface area contributed by atoms with Gasteiger partial charge in [-0.3, -0.25) is 0 Å². The quantitative estimate of drug-likeness (QED) is 0.705. The topological polar surface area (TPSA) is 9.23 Å². The molecule has 0 aliphatic rings. The fourth-order valence-corrected chi connectivity index (χ4v) is 38.2. The van der Waals surface area contributed by atoms with E-state index in [1.54, 1.807) is 0 Å². The minimum absolute atomic E-state index is 0.399. The van der Waals surface area contributed by atoms with E-state index in [0.717, 1.165) is 0 Å². The maximum absolute atomic E-state index is 5.83. The Morgan fingerprint density at radius 1 is 0.688 bits per heavy atom. The Morgan fingerprint density at radius 2 is 0.938 bits per heavy atom. The van der Waals surface area contributed by atoms with Gasteiger partial charge in [-0.05, 0) is 3.91 Å². The largest absolute Gasteiger partial charge is 0.427 e. The predicted octanol–water partition coefficient (Wildman–Crippen LogP) is 3.51. The van der Waals surface area contributed by atoms with Gasteiger partial charge in [0.2, 0.25) is 0 Å². The van der Waals surface area contributed by atoms with Crippen LogP contribution in [0, 0.1) is 0 Å². The van der Waals surface area contributed by atoms with Crippen LogP contribution in [0.1, 0.15) is 0 Å². The van der Waals surface area contributed by atoms with E-state index in [2.05, 4.69) is 58.9 Å². The molecule has 0 heterocycles. The van der Waals surface area contributed by atoms with Crippen molar-refractivity contribution in [3.63, 3.8) is 0 Å². The number of rotatable bonds is 5. The van der Waals surface area contributed by atoms with Gasteiger partial charge in [-0.25, -0.2) is 0 Å². The minimum atomic E-state index is -1.17. The van der Waals surface area contributed by atoms with E-state index >= 15 is 0 Å². The molecule has 0 fully saturated rings. The van der Waals surface area contributed by atoms with Crippen molar-refractivity contribution in [3.8, 4) is 0 Å². The molecule has 0 N–H and O–H groups in total. The van der Waals surface area contributed by atoms with Crippen molar-refractivity contribution in [2.45, 2.75) is 62.8 Å². The Morgan fingerprint density at radius 3 is 1.00 bits per heavy atom. The van der Waals surface area contributed by atoms with Gasteiger partial charge in [-0.1, -0.05) is 58.9 Å². The number of hydrogen-bond acceptors (Lipinski definition) is 1.